The number of benzene rings is 2. The number of nitrogens with one attached hydrogen (secondary N) is 1. The number of thioether (sulfide) groups is 1. The molecule has 0 unspecified atom stereocenters. The first-order valence-corrected chi connectivity index (χ1v) is 9.15. The van der Waals surface area contributed by atoms with Gasteiger partial charge in [-0.05, 0) is 44.0 Å². The van der Waals surface area contributed by atoms with Crippen LogP contribution in [0.1, 0.15) is 28.8 Å². The van der Waals surface area contributed by atoms with Crippen molar-refractivity contribution in [2.45, 2.75) is 29.4 Å². The Hall–Kier alpha value is -1.78. The first-order chi connectivity index (χ1) is 11.7. The summed E-state index contributed by atoms with van der Waals surface area (Å²) >= 11 is 1.86. The van der Waals surface area contributed by atoms with Gasteiger partial charge in [-0.2, -0.15) is 0 Å². The standard InChI is InChI=1S/C20H23NO2S/c1-16-7-9-17(10-8-16)19(22)21-15-20(11-13-23-14-12-20)24-18-5-3-2-4-6-18/h2-10H,11-15H2,1H3,(H,21,22). The van der Waals surface area contributed by atoms with Crippen molar-refractivity contribution in [1.82, 2.24) is 5.32 Å². The highest BCUT2D eigenvalue weighted by molar-refractivity contribution is 8.00. The zero-order chi connectivity index (χ0) is 16.8. The fraction of sp³-hybridized carbons (Fsp3) is 0.350. The summed E-state index contributed by atoms with van der Waals surface area (Å²) in [5.41, 5.74) is 1.87. The van der Waals surface area contributed by atoms with E-state index in [0.717, 1.165) is 31.6 Å². The Bertz CT molecular complexity index is 664. The number of carbonyl (C=O) groups is 1. The maximum atomic E-state index is 12.4. The molecule has 126 valence electrons. The first-order valence-electron chi connectivity index (χ1n) is 8.34. The fourth-order valence-corrected chi connectivity index (χ4v) is 4.15. The average Bonchev–Trinajstić information content (AvgIpc) is 2.62. The molecule has 0 aromatic heterocycles. The Morgan fingerprint density at radius 2 is 1.75 bits per heavy atom. The van der Waals surface area contributed by atoms with Crippen LogP contribution in [0.3, 0.4) is 0 Å². The third-order valence-electron chi connectivity index (χ3n) is 4.37. The Morgan fingerprint density at radius 1 is 1.08 bits per heavy atom. The lowest BCUT2D eigenvalue weighted by atomic mass is 9.99. The van der Waals surface area contributed by atoms with Gasteiger partial charge < -0.3 is 10.1 Å². The number of ether oxygens (including phenoxy) is 1. The molecule has 0 radical (unpaired) electrons. The van der Waals surface area contributed by atoms with E-state index in [1.54, 1.807) is 0 Å². The van der Waals surface area contributed by atoms with Gasteiger partial charge in [-0.3, -0.25) is 4.79 Å². The minimum Gasteiger partial charge on any atom is -0.381 e. The predicted octanol–water partition coefficient (Wildman–Crippen LogP) is 4.07. The Morgan fingerprint density at radius 3 is 2.42 bits per heavy atom. The fourth-order valence-electron chi connectivity index (χ4n) is 2.85. The SMILES string of the molecule is Cc1ccc(C(=O)NCC2(Sc3ccccc3)CCOCC2)cc1. The molecule has 2 aromatic carbocycles. The number of hydrogen-bond donors (Lipinski definition) is 1. The van der Waals surface area contributed by atoms with E-state index in [4.69, 9.17) is 4.74 Å². The van der Waals surface area contributed by atoms with Crippen molar-refractivity contribution in [3.8, 4) is 0 Å². The largest absolute Gasteiger partial charge is 0.381 e. The van der Waals surface area contributed by atoms with Gasteiger partial charge in [-0.25, -0.2) is 0 Å². The van der Waals surface area contributed by atoms with Gasteiger partial charge in [0.25, 0.3) is 5.91 Å². The molecule has 0 saturated carbocycles. The van der Waals surface area contributed by atoms with Gasteiger partial charge in [-0.1, -0.05) is 35.9 Å². The lowest BCUT2D eigenvalue weighted by Gasteiger charge is -2.36. The van der Waals surface area contributed by atoms with Crippen molar-refractivity contribution < 1.29 is 9.53 Å². The van der Waals surface area contributed by atoms with E-state index < -0.39 is 0 Å². The third-order valence-corrected chi connectivity index (χ3v) is 5.86. The molecule has 0 spiro atoms. The van der Waals surface area contributed by atoms with Crippen molar-refractivity contribution in [2.75, 3.05) is 19.8 Å². The van der Waals surface area contributed by atoms with E-state index >= 15 is 0 Å². The maximum Gasteiger partial charge on any atom is 0.251 e. The summed E-state index contributed by atoms with van der Waals surface area (Å²) < 4.78 is 5.54. The highest BCUT2D eigenvalue weighted by Gasteiger charge is 2.34. The monoisotopic (exact) mass is 341 g/mol. The summed E-state index contributed by atoms with van der Waals surface area (Å²) in [6, 6.07) is 18.1. The van der Waals surface area contributed by atoms with Crippen molar-refractivity contribution in [3.05, 3.63) is 65.7 Å². The van der Waals surface area contributed by atoms with Crippen LogP contribution in [-0.2, 0) is 4.74 Å². The Balaban J connectivity index is 1.68. The Kier molecular flexibility index (Phi) is 5.59. The minimum absolute atomic E-state index is 0.0000393. The molecule has 1 aliphatic rings. The highest BCUT2D eigenvalue weighted by Crippen LogP contribution is 2.40. The molecular weight excluding hydrogens is 318 g/mol. The molecule has 3 nitrogen and oxygen atoms in total. The average molecular weight is 341 g/mol. The maximum absolute atomic E-state index is 12.4. The molecule has 1 amide bonds. The normalized spacial score (nSPS) is 16.5. The number of hydrogen-bond acceptors (Lipinski definition) is 3. The van der Waals surface area contributed by atoms with Crippen LogP contribution in [0.5, 0.6) is 0 Å². The second-order valence-electron chi connectivity index (χ2n) is 6.26. The molecule has 24 heavy (non-hydrogen) atoms. The zero-order valence-corrected chi connectivity index (χ0v) is 14.8. The van der Waals surface area contributed by atoms with E-state index in [1.807, 2.05) is 49.0 Å². The van der Waals surface area contributed by atoms with Crippen molar-refractivity contribution in [3.63, 3.8) is 0 Å². The van der Waals surface area contributed by atoms with Crippen LogP contribution in [0, 0.1) is 6.92 Å². The van der Waals surface area contributed by atoms with Gasteiger partial charge in [0.2, 0.25) is 0 Å². The van der Waals surface area contributed by atoms with E-state index in [9.17, 15) is 4.79 Å². The van der Waals surface area contributed by atoms with Gasteiger partial charge in [-0.15, -0.1) is 11.8 Å². The summed E-state index contributed by atoms with van der Waals surface area (Å²) in [4.78, 5) is 13.7. The molecule has 0 bridgehead atoms. The molecule has 4 heteroatoms. The number of carbonyl (C=O) groups excluding carboxylic acids is 1. The summed E-state index contributed by atoms with van der Waals surface area (Å²) in [6.07, 6.45) is 1.89. The predicted molar refractivity (Wildman–Crippen MR) is 98.6 cm³/mol. The number of aryl methyl sites for hydroxylation is 1. The van der Waals surface area contributed by atoms with Gasteiger partial charge in [0.15, 0.2) is 0 Å². The molecular formula is C20H23NO2S. The number of rotatable bonds is 5. The molecule has 3 rings (SSSR count). The molecule has 2 aromatic rings. The summed E-state index contributed by atoms with van der Waals surface area (Å²) in [5, 5.41) is 3.13. The summed E-state index contributed by atoms with van der Waals surface area (Å²) in [7, 11) is 0. The van der Waals surface area contributed by atoms with E-state index in [0.29, 0.717) is 12.1 Å². The third kappa shape index (κ3) is 4.40. The summed E-state index contributed by atoms with van der Waals surface area (Å²) in [6.45, 7) is 4.18. The van der Waals surface area contributed by atoms with E-state index in [2.05, 4.69) is 29.6 Å². The lowest BCUT2D eigenvalue weighted by Crippen LogP contribution is -2.44. The van der Waals surface area contributed by atoms with Crippen LogP contribution in [-0.4, -0.2) is 30.4 Å². The van der Waals surface area contributed by atoms with Crippen molar-refractivity contribution >= 4 is 17.7 Å². The van der Waals surface area contributed by atoms with Crippen LogP contribution in [0.25, 0.3) is 0 Å². The Labute approximate surface area is 147 Å². The molecule has 1 N–H and O–H groups in total. The molecule has 0 atom stereocenters. The number of amides is 1. The smallest absolute Gasteiger partial charge is 0.251 e. The van der Waals surface area contributed by atoms with Crippen LogP contribution in [0.15, 0.2) is 59.5 Å². The van der Waals surface area contributed by atoms with Gasteiger partial charge >= 0.3 is 0 Å². The second-order valence-corrected chi connectivity index (χ2v) is 7.80. The van der Waals surface area contributed by atoms with Crippen LogP contribution in [0.2, 0.25) is 0 Å². The second kappa shape index (κ2) is 7.86. The first kappa shape index (κ1) is 17.1. The van der Waals surface area contributed by atoms with Crippen LogP contribution < -0.4 is 5.32 Å². The molecule has 1 aliphatic heterocycles. The van der Waals surface area contributed by atoms with Gasteiger partial charge in [0, 0.05) is 35.0 Å². The van der Waals surface area contributed by atoms with E-state index in [-0.39, 0.29) is 10.7 Å². The molecule has 0 aliphatic carbocycles. The quantitative estimate of drug-likeness (QED) is 0.891. The van der Waals surface area contributed by atoms with Crippen molar-refractivity contribution in [1.29, 1.82) is 0 Å². The topological polar surface area (TPSA) is 38.3 Å². The molecule has 1 saturated heterocycles. The minimum atomic E-state index is -0.00507. The summed E-state index contributed by atoms with van der Waals surface area (Å²) in [5.74, 6) is -0.00507. The van der Waals surface area contributed by atoms with Crippen LogP contribution >= 0.6 is 11.8 Å². The van der Waals surface area contributed by atoms with Crippen LogP contribution in [0.4, 0.5) is 0 Å². The van der Waals surface area contributed by atoms with Crippen molar-refractivity contribution in [2.24, 2.45) is 0 Å². The zero-order valence-electron chi connectivity index (χ0n) is 14.0. The molecule has 1 heterocycles. The van der Waals surface area contributed by atoms with Gasteiger partial charge in [0.1, 0.15) is 0 Å². The van der Waals surface area contributed by atoms with Gasteiger partial charge in [0.05, 0.1) is 0 Å². The lowest BCUT2D eigenvalue weighted by molar-refractivity contribution is 0.0741. The molecule has 1 fully saturated rings. The van der Waals surface area contributed by atoms with E-state index in [1.165, 1.54) is 4.90 Å². The highest BCUT2D eigenvalue weighted by atomic mass is 32.2.